The minimum absolute atomic E-state index is 0.364. The van der Waals surface area contributed by atoms with Crippen LogP contribution in [0.15, 0.2) is 6.20 Å². The molecule has 0 aliphatic carbocycles. The van der Waals surface area contributed by atoms with Crippen molar-refractivity contribution in [3.8, 4) is 12.1 Å². The summed E-state index contributed by atoms with van der Waals surface area (Å²) in [7, 11) is 0. The van der Waals surface area contributed by atoms with Crippen LogP contribution in [0.2, 0.25) is 0 Å². The lowest BCUT2D eigenvalue weighted by molar-refractivity contribution is 0.344. The third-order valence-electron chi connectivity index (χ3n) is 1.61. The molecule has 1 aliphatic rings. The van der Waals surface area contributed by atoms with Crippen molar-refractivity contribution < 1.29 is 4.74 Å². The van der Waals surface area contributed by atoms with Crippen molar-refractivity contribution in [2.75, 3.05) is 6.61 Å². The molecule has 0 fully saturated rings. The van der Waals surface area contributed by atoms with E-state index in [-0.39, 0.29) is 0 Å². The van der Waals surface area contributed by atoms with Gasteiger partial charge < -0.3 is 4.74 Å². The minimum atomic E-state index is 0.364. The Balaban J connectivity index is 2.29. The second kappa shape index (κ2) is 2.27. The number of hydrogen-bond donors (Lipinski definition) is 0. The van der Waals surface area contributed by atoms with Gasteiger partial charge in [0.05, 0.1) is 24.7 Å². The fourth-order valence-electron chi connectivity index (χ4n) is 1.13. The van der Waals surface area contributed by atoms with Gasteiger partial charge in [-0.3, -0.25) is 4.57 Å². The first-order valence-corrected chi connectivity index (χ1v) is 3.46. The predicted molar refractivity (Wildman–Crippen MR) is 37.0 cm³/mol. The van der Waals surface area contributed by atoms with Crippen LogP contribution in [-0.4, -0.2) is 16.2 Å². The van der Waals surface area contributed by atoms with E-state index < -0.39 is 0 Å². The second-order valence-corrected chi connectivity index (χ2v) is 2.39. The molecule has 0 saturated carbocycles. The molecule has 2 heterocycles. The first-order valence-electron chi connectivity index (χ1n) is 3.46. The molecular weight excluding hydrogens is 142 g/mol. The summed E-state index contributed by atoms with van der Waals surface area (Å²) in [5.74, 6) is 0. The highest BCUT2D eigenvalue weighted by atomic mass is 16.5. The highest BCUT2D eigenvalue weighted by Crippen LogP contribution is 2.16. The Labute approximate surface area is 64.0 Å². The number of ether oxygens (including phenoxy) is 1. The largest absolute Gasteiger partial charge is 0.463 e. The van der Waals surface area contributed by atoms with E-state index in [1.54, 1.807) is 0 Å². The average Bonchev–Trinajstić information content (AvgIpc) is 2.46. The lowest BCUT2D eigenvalue weighted by atomic mass is 10.4. The van der Waals surface area contributed by atoms with Gasteiger partial charge in [-0.25, -0.2) is 0 Å². The molecule has 0 bridgehead atoms. The first-order chi connectivity index (χ1) is 5.40. The fraction of sp³-hybridized carbons (Fsp3) is 0.429. The molecule has 1 aromatic rings. The highest BCUT2D eigenvalue weighted by Gasteiger charge is 2.13. The van der Waals surface area contributed by atoms with Crippen LogP contribution in [0.4, 0.5) is 0 Å². The van der Waals surface area contributed by atoms with Crippen LogP contribution >= 0.6 is 0 Å². The molecule has 0 aromatic carbocycles. The molecular formula is C7H7N3O. The molecule has 0 N–H and O–H groups in total. The molecule has 2 rings (SSSR count). The molecule has 4 nitrogen and oxygen atoms in total. The molecule has 0 spiro atoms. The number of nitrogens with zero attached hydrogens (tertiary/aromatic N) is 3. The van der Waals surface area contributed by atoms with Crippen LogP contribution in [0.5, 0.6) is 6.01 Å². The van der Waals surface area contributed by atoms with Crippen LogP contribution in [0, 0.1) is 11.3 Å². The average molecular weight is 149 g/mol. The third kappa shape index (κ3) is 0.944. The van der Waals surface area contributed by atoms with E-state index in [1.807, 2.05) is 16.8 Å². The van der Waals surface area contributed by atoms with Gasteiger partial charge in [0.15, 0.2) is 0 Å². The lowest BCUT2D eigenvalue weighted by Crippen LogP contribution is -1.93. The lowest BCUT2D eigenvalue weighted by Gasteiger charge is -1.86. The number of rotatable bonds is 1. The number of hydrogen-bond acceptors (Lipinski definition) is 3. The van der Waals surface area contributed by atoms with Crippen molar-refractivity contribution in [3.05, 3.63) is 11.9 Å². The standard InChI is InChI=1S/C7H7N3O/c8-2-1-6-5-10-3-4-11-7(10)9-6/h5H,1,3-4H2. The monoisotopic (exact) mass is 149 g/mol. The molecule has 1 aliphatic heterocycles. The number of imidazole rings is 1. The summed E-state index contributed by atoms with van der Waals surface area (Å²) in [6.45, 7) is 1.56. The maximum atomic E-state index is 8.37. The summed E-state index contributed by atoms with van der Waals surface area (Å²) in [6.07, 6.45) is 2.23. The summed E-state index contributed by atoms with van der Waals surface area (Å²) in [5.41, 5.74) is 0.794. The molecule has 0 saturated heterocycles. The van der Waals surface area contributed by atoms with Crippen molar-refractivity contribution >= 4 is 0 Å². The van der Waals surface area contributed by atoms with Gasteiger partial charge in [0.1, 0.15) is 6.61 Å². The zero-order valence-corrected chi connectivity index (χ0v) is 5.95. The topological polar surface area (TPSA) is 50.8 Å². The Morgan fingerprint density at radius 2 is 2.73 bits per heavy atom. The van der Waals surface area contributed by atoms with Crippen molar-refractivity contribution in [1.82, 2.24) is 9.55 Å². The molecule has 0 unspecified atom stereocenters. The molecule has 11 heavy (non-hydrogen) atoms. The van der Waals surface area contributed by atoms with Crippen LogP contribution in [0.25, 0.3) is 0 Å². The molecule has 0 radical (unpaired) electrons. The van der Waals surface area contributed by atoms with Crippen molar-refractivity contribution in [1.29, 1.82) is 5.26 Å². The van der Waals surface area contributed by atoms with Gasteiger partial charge in [-0.05, 0) is 0 Å². The van der Waals surface area contributed by atoms with E-state index in [4.69, 9.17) is 10.00 Å². The van der Waals surface area contributed by atoms with E-state index in [2.05, 4.69) is 4.98 Å². The van der Waals surface area contributed by atoms with Crippen molar-refractivity contribution in [3.63, 3.8) is 0 Å². The summed E-state index contributed by atoms with van der Waals surface area (Å²) >= 11 is 0. The van der Waals surface area contributed by atoms with Gasteiger partial charge in [0, 0.05) is 6.20 Å². The second-order valence-electron chi connectivity index (χ2n) is 2.39. The predicted octanol–water partition coefficient (Wildman–Crippen LogP) is 0.342. The molecule has 0 atom stereocenters. The van der Waals surface area contributed by atoms with Gasteiger partial charge in [-0.2, -0.15) is 10.2 Å². The van der Waals surface area contributed by atoms with Crippen molar-refractivity contribution in [2.24, 2.45) is 0 Å². The Bertz CT molecular complexity index is 288. The van der Waals surface area contributed by atoms with Crippen molar-refractivity contribution in [2.45, 2.75) is 13.0 Å². The van der Waals surface area contributed by atoms with Gasteiger partial charge >= 0.3 is 0 Å². The van der Waals surface area contributed by atoms with E-state index in [0.717, 1.165) is 12.2 Å². The summed E-state index contributed by atoms with van der Waals surface area (Å²) in [6, 6.07) is 2.69. The van der Waals surface area contributed by atoms with Crippen LogP contribution in [0.3, 0.4) is 0 Å². The summed E-state index contributed by atoms with van der Waals surface area (Å²) in [5, 5.41) is 8.37. The SMILES string of the molecule is N#CCc1cn2c(n1)OCC2. The smallest absolute Gasteiger partial charge is 0.296 e. The normalized spacial score (nSPS) is 13.7. The molecule has 56 valence electrons. The van der Waals surface area contributed by atoms with E-state index >= 15 is 0 Å². The van der Waals surface area contributed by atoms with E-state index in [0.29, 0.717) is 19.0 Å². The Morgan fingerprint density at radius 1 is 1.82 bits per heavy atom. The van der Waals surface area contributed by atoms with E-state index in [9.17, 15) is 0 Å². The number of fused-ring (bicyclic) bond motifs is 1. The number of nitriles is 1. The molecule has 1 aromatic heterocycles. The Hall–Kier alpha value is -1.50. The van der Waals surface area contributed by atoms with Crippen LogP contribution in [-0.2, 0) is 13.0 Å². The van der Waals surface area contributed by atoms with Gasteiger partial charge in [0.2, 0.25) is 0 Å². The maximum Gasteiger partial charge on any atom is 0.296 e. The quantitative estimate of drug-likeness (QED) is 0.578. The molecule has 0 amide bonds. The fourth-order valence-corrected chi connectivity index (χ4v) is 1.13. The first kappa shape index (κ1) is 6.23. The summed E-state index contributed by atoms with van der Waals surface area (Å²) in [4.78, 5) is 4.10. The molecule has 4 heteroatoms. The zero-order chi connectivity index (χ0) is 7.68. The number of aromatic nitrogens is 2. The summed E-state index contributed by atoms with van der Waals surface area (Å²) < 4.78 is 7.09. The van der Waals surface area contributed by atoms with Crippen LogP contribution in [0.1, 0.15) is 5.69 Å². The van der Waals surface area contributed by atoms with Gasteiger partial charge in [0.25, 0.3) is 6.01 Å². The minimum Gasteiger partial charge on any atom is -0.463 e. The Kier molecular flexibility index (Phi) is 1.29. The zero-order valence-electron chi connectivity index (χ0n) is 5.95. The van der Waals surface area contributed by atoms with Gasteiger partial charge in [-0.15, -0.1) is 0 Å². The third-order valence-corrected chi connectivity index (χ3v) is 1.61. The van der Waals surface area contributed by atoms with Crippen LogP contribution < -0.4 is 4.74 Å². The Morgan fingerprint density at radius 3 is 3.45 bits per heavy atom. The van der Waals surface area contributed by atoms with Gasteiger partial charge in [-0.1, -0.05) is 0 Å². The maximum absolute atomic E-state index is 8.37. The van der Waals surface area contributed by atoms with E-state index in [1.165, 1.54) is 0 Å². The highest BCUT2D eigenvalue weighted by molar-refractivity contribution is 5.13.